The summed E-state index contributed by atoms with van der Waals surface area (Å²) in [4.78, 5) is 26.7. The van der Waals surface area contributed by atoms with E-state index >= 15 is 0 Å². The molecule has 0 spiro atoms. The molecular weight excluding hydrogens is 298 g/mol. The Balaban J connectivity index is 1.70. The monoisotopic (exact) mass is 315 g/mol. The van der Waals surface area contributed by atoms with Gasteiger partial charge in [-0.15, -0.1) is 0 Å². The second kappa shape index (κ2) is 5.77. The van der Waals surface area contributed by atoms with Gasteiger partial charge in [-0.25, -0.2) is 4.79 Å². The van der Waals surface area contributed by atoms with Gasteiger partial charge in [0.2, 0.25) is 5.91 Å². The number of benzene rings is 1. The third-order valence-electron chi connectivity index (χ3n) is 3.67. The number of H-pyrrole nitrogens is 1. The number of para-hydroxylation sites is 2. The van der Waals surface area contributed by atoms with Crippen LogP contribution in [-0.2, 0) is 16.9 Å². The van der Waals surface area contributed by atoms with Crippen molar-refractivity contribution in [3.63, 3.8) is 0 Å². The van der Waals surface area contributed by atoms with E-state index in [0.717, 1.165) is 0 Å². The molecule has 7 nitrogen and oxygen atoms in total. The number of rotatable bonds is 5. The Hall–Kier alpha value is -2.80. The van der Waals surface area contributed by atoms with Crippen LogP contribution in [0, 0.1) is 0 Å². The summed E-state index contributed by atoms with van der Waals surface area (Å²) in [6.07, 6.45) is 1.46. The summed E-state index contributed by atoms with van der Waals surface area (Å²) < 4.78 is 6.51. The molecule has 7 heteroatoms. The van der Waals surface area contributed by atoms with E-state index in [9.17, 15) is 14.7 Å². The molecule has 0 saturated heterocycles. The summed E-state index contributed by atoms with van der Waals surface area (Å²) in [5.74, 6) is -0.00857. The summed E-state index contributed by atoms with van der Waals surface area (Å²) >= 11 is 0. The van der Waals surface area contributed by atoms with Gasteiger partial charge in [0.15, 0.2) is 0 Å². The van der Waals surface area contributed by atoms with Crippen molar-refractivity contribution in [2.24, 2.45) is 0 Å². The molecule has 120 valence electrons. The van der Waals surface area contributed by atoms with Gasteiger partial charge in [-0.05, 0) is 31.2 Å². The van der Waals surface area contributed by atoms with Gasteiger partial charge in [-0.2, -0.15) is 0 Å². The molecular formula is C16H17N3O4. The Labute approximate surface area is 131 Å². The molecule has 0 radical (unpaired) electrons. The highest BCUT2D eigenvalue weighted by molar-refractivity contribution is 5.80. The van der Waals surface area contributed by atoms with Crippen LogP contribution < -0.4 is 11.0 Å². The van der Waals surface area contributed by atoms with E-state index in [1.807, 2.05) is 6.07 Å². The molecule has 23 heavy (non-hydrogen) atoms. The zero-order valence-electron chi connectivity index (χ0n) is 12.6. The molecule has 0 aliphatic carbocycles. The van der Waals surface area contributed by atoms with Crippen LogP contribution in [-0.4, -0.2) is 27.1 Å². The van der Waals surface area contributed by atoms with Crippen molar-refractivity contribution >= 4 is 16.9 Å². The Morgan fingerprint density at radius 3 is 2.87 bits per heavy atom. The second-order valence-corrected chi connectivity index (χ2v) is 5.56. The highest BCUT2D eigenvalue weighted by Gasteiger charge is 2.26. The standard InChI is InChI=1S/C16H17N3O4/c1-16(22,13-7-4-8-23-13)10-17-14(20)9-19-12-6-3-2-5-11(12)18-15(19)21/h2-8,22H,9-10H2,1H3,(H,17,20)(H,18,21). The first-order valence-corrected chi connectivity index (χ1v) is 7.18. The highest BCUT2D eigenvalue weighted by Crippen LogP contribution is 2.19. The third kappa shape index (κ3) is 3.04. The quantitative estimate of drug-likeness (QED) is 0.652. The van der Waals surface area contributed by atoms with Crippen molar-refractivity contribution in [3.8, 4) is 0 Å². The van der Waals surface area contributed by atoms with E-state index in [-0.39, 0.29) is 24.7 Å². The van der Waals surface area contributed by atoms with Crippen LogP contribution in [0.4, 0.5) is 0 Å². The van der Waals surface area contributed by atoms with Crippen molar-refractivity contribution < 1.29 is 14.3 Å². The molecule has 1 atom stereocenters. The molecule has 0 aliphatic rings. The molecule has 1 aromatic carbocycles. The van der Waals surface area contributed by atoms with E-state index in [1.165, 1.54) is 10.8 Å². The van der Waals surface area contributed by atoms with Gasteiger partial charge in [-0.1, -0.05) is 12.1 Å². The van der Waals surface area contributed by atoms with Crippen LogP contribution in [0.15, 0.2) is 51.9 Å². The smallest absolute Gasteiger partial charge is 0.326 e. The number of aliphatic hydroxyl groups is 1. The van der Waals surface area contributed by atoms with E-state index in [1.54, 1.807) is 37.3 Å². The fourth-order valence-corrected chi connectivity index (χ4v) is 2.41. The number of carbonyl (C=O) groups excluding carboxylic acids is 1. The average Bonchev–Trinajstić information content (AvgIpc) is 3.15. The van der Waals surface area contributed by atoms with Crippen LogP contribution >= 0.6 is 0 Å². The number of furan rings is 1. The lowest BCUT2D eigenvalue weighted by Gasteiger charge is -2.21. The third-order valence-corrected chi connectivity index (χ3v) is 3.67. The molecule has 1 amide bonds. The molecule has 3 aromatic rings. The second-order valence-electron chi connectivity index (χ2n) is 5.56. The predicted octanol–water partition coefficient (Wildman–Crippen LogP) is 0.946. The van der Waals surface area contributed by atoms with Crippen LogP contribution in [0.25, 0.3) is 11.0 Å². The van der Waals surface area contributed by atoms with Crippen LogP contribution in [0.3, 0.4) is 0 Å². The van der Waals surface area contributed by atoms with E-state index in [4.69, 9.17) is 4.42 Å². The summed E-state index contributed by atoms with van der Waals surface area (Å²) in [5, 5.41) is 12.9. The SMILES string of the molecule is CC(O)(CNC(=O)Cn1c(=O)[nH]c2ccccc21)c1ccco1. The van der Waals surface area contributed by atoms with Gasteiger partial charge in [-0.3, -0.25) is 9.36 Å². The first-order chi connectivity index (χ1) is 11.0. The van der Waals surface area contributed by atoms with Crippen LogP contribution in [0.2, 0.25) is 0 Å². The number of aromatic amines is 1. The summed E-state index contributed by atoms with van der Waals surface area (Å²) in [7, 11) is 0. The molecule has 0 bridgehead atoms. The topological polar surface area (TPSA) is 100 Å². The van der Waals surface area contributed by atoms with Crippen molar-refractivity contribution in [1.29, 1.82) is 0 Å². The van der Waals surface area contributed by atoms with E-state index in [2.05, 4.69) is 10.3 Å². The van der Waals surface area contributed by atoms with Gasteiger partial charge in [0.05, 0.1) is 23.8 Å². The predicted molar refractivity (Wildman–Crippen MR) is 83.8 cm³/mol. The highest BCUT2D eigenvalue weighted by atomic mass is 16.4. The lowest BCUT2D eigenvalue weighted by atomic mass is 10.0. The molecule has 0 fully saturated rings. The molecule has 0 saturated carbocycles. The van der Waals surface area contributed by atoms with Gasteiger partial charge < -0.3 is 19.8 Å². The van der Waals surface area contributed by atoms with Crippen LogP contribution in [0.1, 0.15) is 12.7 Å². The Bertz CT molecular complexity index is 874. The molecule has 2 heterocycles. The average molecular weight is 315 g/mol. The Kier molecular flexibility index (Phi) is 3.79. The minimum atomic E-state index is -1.32. The van der Waals surface area contributed by atoms with E-state index in [0.29, 0.717) is 16.8 Å². The van der Waals surface area contributed by atoms with Crippen molar-refractivity contribution in [3.05, 3.63) is 58.9 Å². The van der Waals surface area contributed by atoms with Gasteiger partial charge in [0.25, 0.3) is 0 Å². The molecule has 3 rings (SSSR count). The lowest BCUT2D eigenvalue weighted by molar-refractivity contribution is -0.123. The normalized spacial score (nSPS) is 13.8. The first kappa shape index (κ1) is 15.1. The molecule has 2 aromatic heterocycles. The number of amides is 1. The van der Waals surface area contributed by atoms with Crippen molar-refractivity contribution in [2.75, 3.05) is 6.54 Å². The van der Waals surface area contributed by atoms with E-state index < -0.39 is 5.60 Å². The van der Waals surface area contributed by atoms with Crippen molar-refractivity contribution in [1.82, 2.24) is 14.9 Å². The maximum absolute atomic E-state index is 12.1. The summed E-state index contributed by atoms with van der Waals surface area (Å²) in [6, 6.07) is 10.4. The van der Waals surface area contributed by atoms with Crippen molar-refractivity contribution in [2.45, 2.75) is 19.1 Å². The number of nitrogens with zero attached hydrogens (tertiary/aromatic N) is 1. The number of carbonyl (C=O) groups is 1. The minimum Gasteiger partial charge on any atom is -0.466 e. The number of aromatic nitrogens is 2. The minimum absolute atomic E-state index is 0.0174. The Morgan fingerprint density at radius 2 is 2.13 bits per heavy atom. The lowest BCUT2D eigenvalue weighted by Crippen LogP contribution is -2.40. The summed E-state index contributed by atoms with van der Waals surface area (Å²) in [6.45, 7) is 1.40. The number of hydrogen-bond donors (Lipinski definition) is 3. The van der Waals surface area contributed by atoms with Gasteiger partial charge in [0, 0.05) is 0 Å². The fourth-order valence-electron chi connectivity index (χ4n) is 2.41. The maximum Gasteiger partial charge on any atom is 0.326 e. The van der Waals surface area contributed by atoms with Gasteiger partial charge in [0.1, 0.15) is 17.9 Å². The molecule has 0 aliphatic heterocycles. The number of hydrogen-bond acceptors (Lipinski definition) is 4. The summed E-state index contributed by atoms with van der Waals surface area (Å²) in [5.41, 5.74) is -0.331. The maximum atomic E-state index is 12.1. The van der Waals surface area contributed by atoms with Gasteiger partial charge >= 0.3 is 5.69 Å². The zero-order chi connectivity index (χ0) is 16.4. The molecule has 1 unspecified atom stereocenters. The number of imidazole rings is 1. The fraction of sp³-hybridized carbons (Fsp3) is 0.250. The van der Waals surface area contributed by atoms with Crippen LogP contribution in [0.5, 0.6) is 0 Å². The molecule has 3 N–H and O–H groups in total. The number of nitrogens with one attached hydrogen (secondary N) is 2. The Morgan fingerprint density at radius 1 is 1.35 bits per heavy atom. The number of fused-ring (bicyclic) bond motifs is 1. The largest absolute Gasteiger partial charge is 0.466 e. The first-order valence-electron chi connectivity index (χ1n) is 7.18. The zero-order valence-corrected chi connectivity index (χ0v) is 12.6.